The molecular formula is C21H17NO4S. The van der Waals surface area contributed by atoms with E-state index < -0.39 is 17.7 Å². The number of aliphatic hydroxyl groups excluding tert-OH is 1. The van der Waals surface area contributed by atoms with Crippen LogP contribution in [0, 0.1) is 6.92 Å². The molecule has 1 fully saturated rings. The zero-order chi connectivity index (χ0) is 19.0. The highest BCUT2D eigenvalue weighted by Crippen LogP contribution is 2.41. The number of Topliss-reactive ketones (excluding diaryl/α,β-unsaturated/α-hetero) is 1. The summed E-state index contributed by atoms with van der Waals surface area (Å²) < 4.78 is 5.36. The van der Waals surface area contributed by atoms with Gasteiger partial charge in [0.15, 0.2) is 0 Å². The second-order valence-corrected chi connectivity index (χ2v) is 7.37. The third-order valence-electron chi connectivity index (χ3n) is 4.58. The molecule has 1 amide bonds. The standard InChI is InChI=1S/C21H17NO4S/c1-13-6-8-14(9-7-13)19(23)17-18(16-5-3-11-27-16)22(21(25)20(17)24)12-15-4-2-10-26-15/h2-11,18,23H,12H2,1H3/t18-/m0/s1. The molecule has 27 heavy (non-hydrogen) atoms. The number of furan rings is 1. The van der Waals surface area contributed by atoms with Crippen LogP contribution in [-0.4, -0.2) is 21.7 Å². The number of benzene rings is 1. The van der Waals surface area contributed by atoms with Crippen LogP contribution in [0.1, 0.15) is 27.8 Å². The van der Waals surface area contributed by atoms with Crippen molar-refractivity contribution in [3.05, 3.63) is 87.5 Å². The van der Waals surface area contributed by atoms with Gasteiger partial charge in [-0.3, -0.25) is 9.59 Å². The fourth-order valence-electron chi connectivity index (χ4n) is 3.22. The number of ketones is 1. The molecular weight excluding hydrogens is 362 g/mol. The van der Waals surface area contributed by atoms with Crippen molar-refractivity contribution in [1.29, 1.82) is 0 Å². The highest BCUT2D eigenvalue weighted by molar-refractivity contribution is 7.10. The van der Waals surface area contributed by atoms with Crippen LogP contribution in [0.15, 0.2) is 70.2 Å². The van der Waals surface area contributed by atoms with Crippen LogP contribution in [0.5, 0.6) is 0 Å². The van der Waals surface area contributed by atoms with E-state index in [9.17, 15) is 14.7 Å². The summed E-state index contributed by atoms with van der Waals surface area (Å²) in [6.45, 7) is 2.10. The summed E-state index contributed by atoms with van der Waals surface area (Å²) in [6, 6.07) is 13.8. The molecule has 6 heteroatoms. The first-order valence-electron chi connectivity index (χ1n) is 8.47. The summed E-state index contributed by atoms with van der Waals surface area (Å²) in [4.78, 5) is 27.8. The van der Waals surface area contributed by atoms with Crippen molar-refractivity contribution in [3.8, 4) is 0 Å². The topological polar surface area (TPSA) is 70.8 Å². The lowest BCUT2D eigenvalue weighted by Crippen LogP contribution is -2.28. The number of amides is 1. The minimum Gasteiger partial charge on any atom is -0.507 e. The van der Waals surface area contributed by atoms with Gasteiger partial charge in [-0.25, -0.2) is 0 Å². The Bertz CT molecular complexity index is 1000. The number of hydrogen-bond donors (Lipinski definition) is 1. The number of rotatable bonds is 4. The number of carbonyl (C=O) groups is 2. The number of hydrogen-bond acceptors (Lipinski definition) is 5. The van der Waals surface area contributed by atoms with Crippen molar-refractivity contribution in [3.63, 3.8) is 0 Å². The minimum atomic E-state index is -0.682. The van der Waals surface area contributed by atoms with E-state index in [1.165, 1.54) is 22.5 Å². The Kier molecular flexibility index (Phi) is 4.41. The highest BCUT2D eigenvalue weighted by atomic mass is 32.1. The molecule has 0 aliphatic carbocycles. The molecule has 3 aromatic rings. The highest BCUT2D eigenvalue weighted by Gasteiger charge is 2.46. The molecule has 0 bridgehead atoms. The van der Waals surface area contributed by atoms with Crippen LogP contribution in [0.2, 0.25) is 0 Å². The molecule has 1 N–H and O–H groups in total. The summed E-state index contributed by atoms with van der Waals surface area (Å²) in [5.74, 6) is -0.904. The van der Waals surface area contributed by atoms with Gasteiger partial charge in [-0.2, -0.15) is 0 Å². The average Bonchev–Trinajstić information content (AvgIpc) is 3.40. The van der Waals surface area contributed by atoms with Crippen molar-refractivity contribution >= 4 is 28.8 Å². The molecule has 1 aliphatic rings. The maximum atomic E-state index is 12.8. The van der Waals surface area contributed by atoms with Crippen LogP contribution >= 0.6 is 11.3 Å². The maximum Gasteiger partial charge on any atom is 0.296 e. The first-order chi connectivity index (χ1) is 13.1. The van der Waals surface area contributed by atoms with E-state index in [-0.39, 0.29) is 17.9 Å². The molecule has 0 unspecified atom stereocenters. The van der Waals surface area contributed by atoms with Crippen LogP contribution < -0.4 is 0 Å². The molecule has 3 heterocycles. The molecule has 4 rings (SSSR count). The third-order valence-corrected chi connectivity index (χ3v) is 5.51. The number of carbonyl (C=O) groups excluding carboxylic acids is 2. The number of nitrogens with zero attached hydrogens (tertiary/aromatic N) is 1. The lowest BCUT2D eigenvalue weighted by atomic mass is 9.99. The summed E-state index contributed by atoms with van der Waals surface area (Å²) in [5.41, 5.74) is 1.66. The lowest BCUT2D eigenvalue weighted by molar-refractivity contribution is -0.140. The largest absolute Gasteiger partial charge is 0.507 e. The Morgan fingerprint density at radius 2 is 1.93 bits per heavy atom. The van der Waals surface area contributed by atoms with E-state index in [0.29, 0.717) is 11.3 Å². The Balaban J connectivity index is 1.83. The quantitative estimate of drug-likeness (QED) is 0.417. The van der Waals surface area contributed by atoms with Gasteiger partial charge in [0, 0.05) is 10.4 Å². The van der Waals surface area contributed by atoms with Crippen LogP contribution in [0.4, 0.5) is 0 Å². The molecule has 1 aromatic carbocycles. The van der Waals surface area contributed by atoms with Gasteiger partial charge in [-0.05, 0) is 30.5 Å². The average molecular weight is 379 g/mol. The van der Waals surface area contributed by atoms with E-state index in [0.717, 1.165) is 10.4 Å². The predicted molar refractivity (Wildman–Crippen MR) is 102 cm³/mol. The molecule has 0 spiro atoms. The summed E-state index contributed by atoms with van der Waals surface area (Å²) in [5, 5.41) is 12.8. The van der Waals surface area contributed by atoms with Crippen molar-refractivity contribution < 1.29 is 19.1 Å². The van der Waals surface area contributed by atoms with Crippen LogP contribution in [0.25, 0.3) is 5.76 Å². The zero-order valence-electron chi connectivity index (χ0n) is 14.6. The van der Waals surface area contributed by atoms with Gasteiger partial charge < -0.3 is 14.4 Å². The SMILES string of the molecule is Cc1ccc(C(O)=C2C(=O)C(=O)N(Cc3ccco3)[C@H]2c2cccs2)cc1. The van der Waals surface area contributed by atoms with E-state index in [1.807, 2.05) is 36.6 Å². The third kappa shape index (κ3) is 3.08. The second kappa shape index (κ2) is 6.89. The predicted octanol–water partition coefficient (Wildman–Crippen LogP) is 4.27. The fraction of sp³-hybridized carbons (Fsp3) is 0.143. The molecule has 2 aromatic heterocycles. The first kappa shape index (κ1) is 17.3. The van der Waals surface area contributed by atoms with Gasteiger partial charge in [0.25, 0.3) is 11.7 Å². The first-order valence-corrected chi connectivity index (χ1v) is 9.35. The second-order valence-electron chi connectivity index (χ2n) is 6.39. The lowest BCUT2D eigenvalue weighted by Gasteiger charge is -2.23. The number of likely N-dealkylation sites (tertiary alicyclic amines) is 1. The van der Waals surface area contributed by atoms with Gasteiger partial charge in [0.2, 0.25) is 0 Å². The van der Waals surface area contributed by atoms with E-state index in [2.05, 4.69) is 0 Å². The van der Waals surface area contributed by atoms with E-state index in [4.69, 9.17) is 4.42 Å². The van der Waals surface area contributed by atoms with Crippen molar-refractivity contribution in [1.82, 2.24) is 4.90 Å². The number of aryl methyl sites for hydroxylation is 1. The monoisotopic (exact) mass is 379 g/mol. The molecule has 1 atom stereocenters. The molecule has 1 aliphatic heterocycles. The molecule has 0 radical (unpaired) electrons. The van der Waals surface area contributed by atoms with Gasteiger partial charge in [0.1, 0.15) is 17.6 Å². The zero-order valence-corrected chi connectivity index (χ0v) is 15.4. The van der Waals surface area contributed by atoms with E-state index >= 15 is 0 Å². The summed E-state index contributed by atoms with van der Waals surface area (Å²) in [6.07, 6.45) is 1.53. The van der Waals surface area contributed by atoms with Gasteiger partial charge in [0.05, 0.1) is 18.4 Å². The molecule has 1 saturated heterocycles. The smallest absolute Gasteiger partial charge is 0.296 e. The Morgan fingerprint density at radius 3 is 2.56 bits per heavy atom. The minimum absolute atomic E-state index is 0.109. The molecule has 0 saturated carbocycles. The Morgan fingerprint density at radius 1 is 1.15 bits per heavy atom. The molecule has 5 nitrogen and oxygen atoms in total. The summed E-state index contributed by atoms with van der Waals surface area (Å²) in [7, 11) is 0. The molecule has 136 valence electrons. The summed E-state index contributed by atoms with van der Waals surface area (Å²) >= 11 is 1.44. The van der Waals surface area contributed by atoms with Gasteiger partial charge in [-0.15, -0.1) is 11.3 Å². The van der Waals surface area contributed by atoms with Crippen molar-refractivity contribution in [2.75, 3.05) is 0 Å². The van der Waals surface area contributed by atoms with Crippen molar-refractivity contribution in [2.24, 2.45) is 0 Å². The fourth-order valence-corrected chi connectivity index (χ4v) is 4.07. The Hall–Kier alpha value is -3.12. The Labute approximate surface area is 160 Å². The van der Waals surface area contributed by atoms with E-state index in [1.54, 1.807) is 24.3 Å². The normalized spacial score (nSPS) is 19.0. The van der Waals surface area contributed by atoms with Crippen LogP contribution in [-0.2, 0) is 16.1 Å². The van der Waals surface area contributed by atoms with Crippen LogP contribution in [0.3, 0.4) is 0 Å². The van der Waals surface area contributed by atoms with Crippen molar-refractivity contribution in [2.45, 2.75) is 19.5 Å². The van der Waals surface area contributed by atoms with Gasteiger partial charge >= 0.3 is 0 Å². The number of aliphatic hydroxyl groups is 1. The maximum absolute atomic E-state index is 12.8. The van der Waals surface area contributed by atoms with Gasteiger partial charge in [-0.1, -0.05) is 35.9 Å². The number of thiophene rings is 1.